The van der Waals surface area contributed by atoms with Crippen LogP contribution in [-0.4, -0.2) is 67.9 Å². The van der Waals surface area contributed by atoms with Crippen LogP contribution in [0.25, 0.3) is 21.9 Å². The molecule has 5 rings (SSSR count). The lowest BCUT2D eigenvalue weighted by Gasteiger charge is -2.27. The van der Waals surface area contributed by atoms with Gasteiger partial charge in [0, 0.05) is 12.1 Å². The first-order chi connectivity index (χ1) is 17.1. The highest BCUT2D eigenvalue weighted by atomic mass is 31.2. The van der Waals surface area contributed by atoms with E-state index in [1.165, 1.54) is 31.6 Å². The Kier molecular flexibility index (Phi) is 6.09. The highest BCUT2D eigenvalue weighted by molar-refractivity contribution is 7.53. The van der Waals surface area contributed by atoms with Crippen molar-refractivity contribution in [3.63, 3.8) is 0 Å². The van der Waals surface area contributed by atoms with Crippen molar-refractivity contribution in [1.82, 2.24) is 19.5 Å². The monoisotopic (exact) mass is 515 g/mol. The van der Waals surface area contributed by atoms with Crippen LogP contribution in [-0.2, 0) is 13.8 Å². The summed E-state index contributed by atoms with van der Waals surface area (Å²) in [4.78, 5) is 12.4. The number of rotatable bonds is 7. The molecule has 1 unspecified atom stereocenters. The summed E-state index contributed by atoms with van der Waals surface area (Å²) < 4.78 is 37.0. The van der Waals surface area contributed by atoms with E-state index < -0.39 is 31.6 Å². The molecule has 13 heteroatoms. The van der Waals surface area contributed by atoms with Crippen LogP contribution in [0.4, 0.5) is 5.95 Å². The average molecular weight is 515 g/mol. The predicted octanol–water partition coefficient (Wildman–Crippen LogP) is 2.50. The topological polar surface area (TPSA) is 164 Å². The normalized spacial score (nSPS) is 25.8. The van der Waals surface area contributed by atoms with E-state index in [1.54, 1.807) is 12.1 Å². The number of benzene rings is 2. The van der Waals surface area contributed by atoms with E-state index in [0.717, 1.165) is 10.8 Å². The van der Waals surface area contributed by atoms with Gasteiger partial charge in [0.15, 0.2) is 17.4 Å². The lowest BCUT2D eigenvalue weighted by atomic mass is 9.96. The van der Waals surface area contributed by atoms with Crippen molar-refractivity contribution in [3.05, 3.63) is 48.8 Å². The van der Waals surface area contributed by atoms with Crippen LogP contribution in [0, 0.1) is 0 Å². The molecule has 5 atom stereocenters. The molecule has 0 amide bonds. The molecule has 0 radical (unpaired) electrons. The first kappa shape index (κ1) is 24.4. The van der Waals surface area contributed by atoms with Gasteiger partial charge in [0.2, 0.25) is 11.8 Å². The molecule has 3 heterocycles. The van der Waals surface area contributed by atoms with Crippen molar-refractivity contribution in [2.45, 2.75) is 31.0 Å². The van der Waals surface area contributed by atoms with Crippen LogP contribution in [0.2, 0.25) is 0 Å². The Bertz CT molecular complexity index is 1470. The number of aliphatic hydroxyl groups excluding tert-OH is 1. The van der Waals surface area contributed by atoms with Gasteiger partial charge in [-0.15, -0.1) is 0 Å². The summed E-state index contributed by atoms with van der Waals surface area (Å²) in [6.07, 6.45) is -2.16. The Morgan fingerprint density at radius 2 is 1.97 bits per heavy atom. The minimum atomic E-state index is -3.62. The van der Waals surface area contributed by atoms with Gasteiger partial charge >= 0.3 is 7.60 Å². The van der Waals surface area contributed by atoms with Crippen molar-refractivity contribution in [2.75, 3.05) is 26.1 Å². The molecule has 1 aliphatic heterocycles. The number of methoxy groups -OCH3 is 1. The molecule has 2 aromatic carbocycles. The Morgan fingerprint density at radius 1 is 1.22 bits per heavy atom. The van der Waals surface area contributed by atoms with Crippen LogP contribution in [0.15, 0.2) is 48.8 Å². The minimum Gasteiger partial charge on any atom is -0.479 e. The Labute approximate surface area is 206 Å². The molecule has 0 bridgehead atoms. The summed E-state index contributed by atoms with van der Waals surface area (Å²) in [5, 5.41) is 23.7. The van der Waals surface area contributed by atoms with Gasteiger partial charge in [0.1, 0.15) is 23.6 Å². The number of nitrogens with two attached hydrogens (primary N) is 1. The van der Waals surface area contributed by atoms with E-state index in [0.29, 0.717) is 11.3 Å². The number of aromatic nitrogens is 4. The van der Waals surface area contributed by atoms with E-state index in [2.05, 4.69) is 15.0 Å². The third kappa shape index (κ3) is 4.27. The number of anilines is 1. The molecular weight excluding hydrogens is 489 g/mol. The fraction of sp³-hybridized carbons (Fsp3) is 0.348. The van der Waals surface area contributed by atoms with Crippen molar-refractivity contribution in [3.8, 4) is 11.6 Å². The Balaban J connectivity index is 1.35. The second kappa shape index (κ2) is 8.99. The molecule has 4 aromatic rings. The Hall–Kier alpha value is -3.28. The largest absolute Gasteiger partial charge is 0.479 e. The van der Waals surface area contributed by atoms with Gasteiger partial charge in [-0.2, -0.15) is 9.97 Å². The number of nitrogen functional groups attached to an aromatic ring is 1. The summed E-state index contributed by atoms with van der Waals surface area (Å²) in [7, 11) is -2.20. The van der Waals surface area contributed by atoms with Crippen LogP contribution < -0.4 is 15.0 Å². The van der Waals surface area contributed by atoms with Gasteiger partial charge in [-0.1, -0.05) is 36.4 Å². The second-order valence-electron chi connectivity index (χ2n) is 8.75. The number of hydrogen-bond acceptors (Lipinski definition) is 11. The van der Waals surface area contributed by atoms with Crippen LogP contribution in [0.1, 0.15) is 13.2 Å². The van der Waals surface area contributed by atoms with Gasteiger partial charge < -0.3 is 29.9 Å². The molecule has 1 aliphatic rings. The number of ether oxygens (including phenoxy) is 2. The zero-order chi connectivity index (χ0) is 25.7. The highest BCUT2D eigenvalue weighted by Gasteiger charge is 2.54. The molecule has 12 nitrogen and oxygen atoms in total. The zero-order valence-electron chi connectivity index (χ0n) is 19.8. The summed E-state index contributed by atoms with van der Waals surface area (Å²) in [5.74, 6) is 0.510. The maximum absolute atomic E-state index is 13.1. The summed E-state index contributed by atoms with van der Waals surface area (Å²) in [5.41, 5.74) is 4.56. The molecular formula is C23H26N5O7P. The third-order valence-corrected chi connectivity index (χ3v) is 7.24. The SMILES string of the molecule is COc1nc(N)nc2c1ncn2C1O[C@H](CO[P@](C)(=O)Oc2cccc3ccccc23)[C@@H](O)[C@@]1(C)O. The first-order valence-electron chi connectivity index (χ1n) is 11.1. The fourth-order valence-electron chi connectivity index (χ4n) is 4.29. The van der Waals surface area contributed by atoms with E-state index in [4.69, 9.17) is 24.3 Å². The molecule has 0 spiro atoms. The zero-order valence-corrected chi connectivity index (χ0v) is 20.7. The van der Waals surface area contributed by atoms with Gasteiger partial charge in [0.25, 0.3) is 0 Å². The standard InChI is InChI=1S/C23H26N5O7P/c1-23(30)18(29)16(34-21(23)28-12-25-17-19(28)26-22(24)27-20(17)32-2)11-33-36(3,31)35-15-10-6-8-13-7-4-5-9-14(13)15/h4-10,12,16,18,21,29-30H,11H2,1-3H3,(H2,24,26,27)/t16-,18-,21?,23-,36+/m1/s1. The smallest absolute Gasteiger partial charge is 0.376 e. The molecule has 36 heavy (non-hydrogen) atoms. The van der Waals surface area contributed by atoms with Gasteiger partial charge in [-0.25, -0.2) is 9.55 Å². The minimum absolute atomic E-state index is 0.0586. The van der Waals surface area contributed by atoms with Crippen molar-refractivity contribution in [2.24, 2.45) is 0 Å². The number of aliphatic hydroxyl groups is 2. The van der Waals surface area contributed by atoms with E-state index >= 15 is 0 Å². The van der Waals surface area contributed by atoms with Crippen LogP contribution in [0.3, 0.4) is 0 Å². The highest BCUT2D eigenvalue weighted by Crippen LogP contribution is 2.48. The number of imidazole rings is 1. The Morgan fingerprint density at radius 3 is 2.75 bits per heavy atom. The fourth-order valence-corrected chi connectivity index (χ4v) is 5.27. The van der Waals surface area contributed by atoms with Crippen LogP contribution in [0.5, 0.6) is 11.6 Å². The molecule has 2 aromatic heterocycles. The quantitative estimate of drug-likeness (QED) is 0.310. The maximum atomic E-state index is 13.1. The van der Waals surface area contributed by atoms with Crippen molar-refractivity contribution < 1.29 is 33.3 Å². The summed E-state index contributed by atoms with van der Waals surface area (Å²) in [6.45, 7) is 2.44. The molecule has 4 N–H and O–H groups in total. The third-order valence-electron chi connectivity index (χ3n) is 6.09. The van der Waals surface area contributed by atoms with Gasteiger partial charge in [-0.3, -0.25) is 9.09 Å². The number of nitrogens with zero attached hydrogens (tertiary/aromatic N) is 4. The predicted molar refractivity (Wildman–Crippen MR) is 131 cm³/mol. The lowest BCUT2D eigenvalue weighted by Crippen LogP contribution is -2.44. The summed E-state index contributed by atoms with van der Waals surface area (Å²) >= 11 is 0. The van der Waals surface area contributed by atoms with Crippen LogP contribution >= 0.6 is 7.60 Å². The molecule has 0 aliphatic carbocycles. The van der Waals surface area contributed by atoms with Crippen molar-refractivity contribution in [1.29, 1.82) is 0 Å². The van der Waals surface area contributed by atoms with Gasteiger partial charge in [0.05, 0.1) is 20.0 Å². The molecule has 1 fully saturated rings. The average Bonchev–Trinajstić information content (AvgIpc) is 3.35. The molecule has 1 saturated heterocycles. The van der Waals surface area contributed by atoms with Crippen molar-refractivity contribution >= 4 is 35.5 Å². The van der Waals surface area contributed by atoms with Gasteiger partial charge in [-0.05, 0) is 18.4 Å². The van der Waals surface area contributed by atoms with E-state index in [9.17, 15) is 14.8 Å². The first-order valence-corrected chi connectivity index (χ1v) is 13.1. The van der Waals surface area contributed by atoms with E-state index in [1.807, 2.05) is 30.3 Å². The second-order valence-corrected chi connectivity index (χ2v) is 10.7. The number of fused-ring (bicyclic) bond motifs is 2. The summed E-state index contributed by atoms with van der Waals surface area (Å²) in [6, 6.07) is 13.0. The number of hydrogen-bond donors (Lipinski definition) is 3. The van der Waals surface area contributed by atoms with E-state index in [-0.39, 0.29) is 24.1 Å². The molecule has 0 saturated carbocycles. The maximum Gasteiger partial charge on any atom is 0.376 e. The lowest BCUT2D eigenvalue weighted by molar-refractivity contribution is -0.0948. The molecule has 190 valence electrons.